The predicted octanol–water partition coefficient (Wildman–Crippen LogP) is 1.65. The fourth-order valence-corrected chi connectivity index (χ4v) is 3.28. The van der Waals surface area contributed by atoms with Gasteiger partial charge in [0.15, 0.2) is 9.84 Å². The smallest absolute Gasteiger partial charge is 0.238 e. The first-order valence-electron chi connectivity index (χ1n) is 6.37. The van der Waals surface area contributed by atoms with E-state index in [-0.39, 0.29) is 4.90 Å². The van der Waals surface area contributed by atoms with Crippen LogP contribution in [0, 0.1) is 6.92 Å². The molecule has 1 rings (SSSR count). The number of nitrogens with one attached hydrogen (secondary N) is 1. The van der Waals surface area contributed by atoms with E-state index in [1.807, 2.05) is 0 Å². The number of carbonyl (C=O) groups excluding carboxylic acids is 1. The van der Waals surface area contributed by atoms with Gasteiger partial charge in [0.2, 0.25) is 5.91 Å². The summed E-state index contributed by atoms with van der Waals surface area (Å²) in [5, 5.41) is 1.53. The van der Waals surface area contributed by atoms with E-state index in [4.69, 9.17) is 5.73 Å². The van der Waals surface area contributed by atoms with Crippen molar-refractivity contribution in [1.29, 1.82) is 0 Å². The van der Waals surface area contributed by atoms with Crippen molar-refractivity contribution in [1.82, 2.24) is 5.32 Å². The molecule has 0 fully saturated rings. The van der Waals surface area contributed by atoms with E-state index >= 15 is 0 Å². The summed E-state index contributed by atoms with van der Waals surface area (Å²) in [7, 11) is -3.73. The zero-order valence-corrected chi connectivity index (χ0v) is 13.3. The molecule has 0 aromatic heterocycles. The quantitative estimate of drug-likeness (QED) is 0.830. The van der Waals surface area contributed by atoms with Gasteiger partial charge in [0.05, 0.1) is 4.90 Å². The molecule has 0 aliphatic heterocycles. The third-order valence-corrected chi connectivity index (χ3v) is 5.05. The zero-order valence-electron chi connectivity index (χ0n) is 12.5. The van der Waals surface area contributed by atoms with Crippen LogP contribution in [0.5, 0.6) is 0 Å². The summed E-state index contributed by atoms with van der Waals surface area (Å²) >= 11 is 0. The highest BCUT2D eigenvalue weighted by Crippen LogP contribution is 2.22. The summed E-state index contributed by atoms with van der Waals surface area (Å²) in [6.07, 6.45) is 0. The second-order valence-corrected chi connectivity index (χ2v) is 8.19. The molecule has 1 unspecified atom stereocenters. The van der Waals surface area contributed by atoms with Crippen molar-refractivity contribution in [2.24, 2.45) is 0 Å². The van der Waals surface area contributed by atoms with E-state index in [0.717, 1.165) is 0 Å². The molecule has 0 bridgehead atoms. The lowest BCUT2D eigenvalue weighted by atomic mass is 10.1. The number of anilines is 1. The molecule has 1 amide bonds. The maximum absolute atomic E-state index is 12.5. The Morgan fingerprint density at radius 3 is 2.30 bits per heavy atom. The first-order valence-corrected chi connectivity index (χ1v) is 7.92. The number of nitrogen functional groups attached to an aromatic ring is 1. The maximum Gasteiger partial charge on any atom is 0.238 e. The van der Waals surface area contributed by atoms with Gasteiger partial charge in [-0.1, -0.05) is 0 Å². The van der Waals surface area contributed by atoms with E-state index in [1.54, 1.807) is 33.8 Å². The highest BCUT2D eigenvalue weighted by Gasteiger charge is 2.32. The molecule has 0 saturated heterocycles. The minimum Gasteiger partial charge on any atom is -0.399 e. The Morgan fingerprint density at radius 1 is 1.30 bits per heavy atom. The Kier molecular flexibility index (Phi) is 4.49. The van der Waals surface area contributed by atoms with Crippen LogP contribution in [-0.4, -0.2) is 25.1 Å². The summed E-state index contributed by atoms with van der Waals surface area (Å²) in [6, 6.07) is 4.55. The summed E-state index contributed by atoms with van der Waals surface area (Å²) in [6.45, 7) is 8.47. The molecule has 0 spiro atoms. The number of amides is 1. The molecule has 0 aliphatic rings. The predicted molar refractivity (Wildman–Crippen MR) is 80.1 cm³/mol. The number of sulfone groups is 1. The summed E-state index contributed by atoms with van der Waals surface area (Å²) in [5.41, 5.74) is 6.18. The number of hydrogen-bond donors (Lipinski definition) is 2. The Balaban J connectivity index is 3.13. The second kappa shape index (κ2) is 5.44. The first-order chi connectivity index (χ1) is 8.95. The van der Waals surface area contributed by atoms with E-state index in [1.165, 1.54) is 19.1 Å². The van der Waals surface area contributed by atoms with Gasteiger partial charge in [-0.15, -0.1) is 0 Å². The van der Waals surface area contributed by atoms with Gasteiger partial charge in [0, 0.05) is 11.2 Å². The van der Waals surface area contributed by atoms with Crippen molar-refractivity contribution in [2.75, 3.05) is 5.73 Å². The van der Waals surface area contributed by atoms with Crippen molar-refractivity contribution >= 4 is 21.4 Å². The Labute approximate surface area is 120 Å². The van der Waals surface area contributed by atoms with Crippen LogP contribution < -0.4 is 11.1 Å². The van der Waals surface area contributed by atoms with Crippen LogP contribution in [-0.2, 0) is 14.6 Å². The average molecular weight is 298 g/mol. The maximum atomic E-state index is 12.5. The summed E-state index contributed by atoms with van der Waals surface area (Å²) in [5.74, 6) is -0.506. The van der Waals surface area contributed by atoms with Gasteiger partial charge in [-0.25, -0.2) is 8.42 Å². The third-order valence-electron chi connectivity index (χ3n) is 2.84. The minimum absolute atomic E-state index is 0.142. The number of carbonyl (C=O) groups is 1. The molecule has 20 heavy (non-hydrogen) atoms. The molecule has 0 radical (unpaired) electrons. The molecule has 5 nitrogen and oxygen atoms in total. The topological polar surface area (TPSA) is 89.3 Å². The van der Waals surface area contributed by atoms with Gasteiger partial charge in [-0.3, -0.25) is 4.79 Å². The molecule has 0 heterocycles. The van der Waals surface area contributed by atoms with Crippen LogP contribution in [0.25, 0.3) is 0 Å². The van der Waals surface area contributed by atoms with Crippen LogP contribution in [0.2, 0.25) is 0 Å². The highest BCUT2D eigenvalue weighted by atomic mass is 32.2. The monoisotopic (exact) mass is 298 g/mol. The summed E-state index contributed by atoms with van der Waals surface area (Å²) in [4.78, 5) is 12.2. The molecular formula is C14H22N2O3S. The molecule has 112 valence electrons. The van der Waals surface area contributed by atoms with Crippen LogP contribution >= 0.6 is 0 Å². The van der Waals surface area contributed by atoms with E-state index in [0.29, 0.717) is 11.3 Å². The van der Waals surface area contributed by atoms with Crippen molar-refractivity contribution in [3.05, 3.63) is 23.8 Å². The van der Waals surface area contributed by atoms with E-state index < -0.39 is 26.5 Å². The van der Waals surface area contributed by atoms with Gasteiger partial charge in [-0.2, -0.15) is 0 Å². The van der Waals surface area contributed by atoms with Gasteiger partial charge in [-0.05, 0) is 58.4 Å². The number of hydrogen-bond acceptors (Lipinski definition) is 4. The molecule has 3 N–H and O–H groups in total. The van der Waals surface area contributed by atoms with Crippen LogP contribution in [0.1, 0.15) is 33.3 Å². The Morgan fingerprint density at radius 2 is 1.85 bits per heavy atom. The lowest BCUT2D eigenvalue weighted by Crippen LogP contribution is -2.47. The molecule has 1 aromatic rings. The second-order valence-electron chi connectivity index (χ2n) is 5.95. The Bertz CT molecular complexity index is 616. The molecule has 6 heteroatoms. The van der Waals surface area contributed by atoms with Crippen molar-refractivity contribution in [3.8, 4) is 0 Å². The highest BCUT2D eigenvalue weighted by molar-refractivity contribution is 7.92. The Hall–Kier alpha value is -1.56. The van der Waals surface area contributed by atoms with Crippen LogP contribution in [0.4, 0.5) is 5.69 Å². The number of nitrogens with two attached hydrogens (primary N) is 1. The molecular weight excluding hydrogens is 276 g/mol. The fourth-order valence-electron chi connectivity index (χ4n) is 1.79. The number of aryl methyl sites for hydroxylation is 1. The molecule has 0 aliphatic carbocycles. The van der Waals surface area contributed by atoms with E-state index in [9.17, 15) is 13.2 Å². The standard InChI is InChI=1S/C14H22N2O3S/c1-9-8-11(15)6-7-12(9)20(18,19)10(2)13(17)16-14(3,4)5/h6-8,10H,15H2,1-5H3,(H,16,17). The van der Waals surface area contributed by atoms with Crippen LogP contribution in [0.15, 0.2) is 23.1 Å². The van der Waals surface area contributed by atoms with Crippen molar-refractivity contribution in [3.63, 3.8) is 0 Å². The number of rotatable bonds is 3. The molecule has 1 atom stereocenters. The van der Waals surface area contributed by atoms with Gasteiger partial charge in [0.1, 0.15) is 5.25 Å². The van der Waals surface area contributed by atoms with E-state index in [2.05, 4.69) is 5.32 Å². The minimum atomic E-state index is -3.73. The lowest BCUT2D eigenvalue weighted by Gasteiger charge is -2.23. The lowest BCUT2D eigenvalue weighted by molar-refractivity contribution is -0.121. The van der Waals surface area contributed by atoms with Gasteiger partial charge < -0.3 is 11.1 Å². The molecule has 0 saturated carbocycles. The summed E-state index contributed by atoms with van der Waals surface area (Å²) < 4.78 is 25.0. The third kappa shape index (κ3) is 3.72. The zero-order chi connectivity index (χ0) is 15.7. The number of benzene rings is 1. The van der Waals surface area contributed by atoms with Crippen LogP contribution in [0.3, 0.4) is 0 Å². The van der Waals surface area contributed by atoms with Crippen molar-refractivity contribution < 1.29 is 13.2 Å². The SMILES string of the molecule is Cc1cc(N)ccc1S(=O)(=O)C(C)C(=O)NC(C)(C)C. The average Bonchev–Trinajstić information content (AvgIpc) is 2.24. The largest absolute Gasteiger partial charge is 0.399 e. The van der Waals surface area contributed by atoms with Gasteiger partial charge in [0.25, 0.3) is 0 Å². The fraction of sp³-hybridized carbons (Fsp3) is 0.500. The first kappa shape index (κ1) is 16.5. The van der Waals surface area contributed by atoms with Gasteiger partial charge >= 0.3 is 0 Å². The normalized spacial score (nSPS) is 13.8. The molecule has 1 aromatic carbocycles. The van der Waals surface area contributed by atoms with Crippen molar-refractivity contribution in [2.45, 2.75) is 50.3 Å².